The van der Waals surface area contributed by atoms with E-state index in [-0.39, 0.29) is 0 Å². The van der Waals surface area contributed by atoms with E-state index in [1.165, 1.54) is 37.9 Å². The normalized spacial score (nSPS) is 26.2. The van der Waals surface area contributed by atoms with Gasteiger partial charge in [0.25, 0.3) is 0 Å². The van der Waals surface area contributed by atoms with Crippen LogP contribution in [-0.2, 0) is 6.54 Å². The molecule has 0 N–H and O–H groups in total. The van der Waals surface area contributed by atoms with Gasteiger partial charge in [0, 0.05) is 24.4 Å². The average molecular weight is 173 g/mol. The molecule has 1 unspecified atom stereocenters. The van der Waals surface area contributed by atoms with Crippen LogP contribution >= 0.6 is 0 Å². The minimum atomic E-state index is 0.832. The maximum absolute atomic E-state index is 2.47. The molecule has 0 amide bonds. The van der Waals surface area contributed by atoms with Crippen LogP contribution in [0.2, 0.25) is 0 Å². The van der Waals surface area contributed by atoms with Gasteiger partial charge in [-0.05, 0) is 37.0 Å². The molecule has 3 rings (SSSR count). The zero-order valence-corrected chi connectivity index (χ0v) is 7.87. The SMILES string of the molecule is C1=C2c3cccn3CC2CCCC1. The van der Waals surface area contributed by atoms with Gasteiger partial charge in [-0.3, -0.25) is 0 Å². The quantitative estimate of drug-likeness (QED) is 0.568. The van der Waals surface area contributed by atoms with E-state index < -0.39 is 0 Å². The zero-order chi connectivity index (χ0) is 8.67. The fraction of sp³-hybridized carbons (Fsp3) is 0.500. The topological polar surface area (TPSA) is 4.93 Å². The largest absolute Gasteiger partial charge is 0.347 e. The number of fused-ring (bicyclic) bond motifs is 3. The molecule has 1 nitrogen and oxygen atoms in total. The highest BCUT2D eigenvalue weighted by Gasteiger charge is 2.26. The maximum Gasteiger partial charge on any atom is 0.0439 e. The molecule has 0 fully saturated rings. The smallest absolute Gasteiger partial charge is 0.0439 e. The van der Waals surface area contributed by atoms with Gasteiger partial charge < -0.3 is 4.57 Å². The fourth-order valence-electron chi connectivity index (χ4n) is 2.69. The van der Waals surface area contributed by atoms with Crippen LogP contribution < -0.4 is 0 Å². The average Bonchev–Trinajstić information content (AvgIpc) is 2.61. The molecule has 0 radical (unpaired) electrons. The van der Waals surface area contributed by atoms with Crippen molar-refractivity contribution in [3.63, 3.8) is 0 Å². The first-order valence-corrected chi connectivity index (χ1v) is 5.31. The molecule has 1 heteroatoms. The highest BCUT2D eigenvalue weighted by atomic mass is 15.0. The maximum atomic E-state index is 2.47. The van der Waals surface area contributed by atoms with Crippen LogP contribution in [-0.4, -0.2) is 4.57 Å². The van der Waals surface area contributed by atoms with E-state index in [2.05, 4.69) is 29.0 Å². The van der Waals surface area contributed by atoms with Crippen LogP contribution in [0.1, 0.15) is 31.4 Å². The Morgan fingerprint density at radius 2 is 2.31 bits per heavy atom. The number of hydrogen-bond donors (Lipinski definition) is 0. The molecule has 68 valence electrons. The summed E-state index contributed by atoms with van der Waals surface area (Å²) in [4.78, 5) is 0. The van der Waals surface area contributed by atoms with E-state index in [0.29, 0.717) is 0 Å². The molecule has 2 aliphatic rings. The molecule has 1 aliphatic carbocycles. The molecule has 0 saturated heterocycles. The van der Waals surface area contributed by atoms with E-state index in [4.69, 9.17) is 0 Å². The lowest BCUT2D eigenvalue weighted by molar-refractivity contribution is 0.526. The predicted octanol–water partition coefficient (Wildman–Crippen LogP) is 3.08. The summed E-state index contributed by atoms with van der Waals surface area (Å²) in [6, 6.07) is 4.43. The predicted molar refractivity (Wildman–Crippen MR) is 54.4 cm³/mol. The van der Waals surface area contributed by atoms with Crippen LogP contribution in [0, 0.1) is 5.92 Å². The Morgan fingerprint density at radius 3 is 3.31 bits per heavy atom. The summed E-state index contributed by atoms with van der Waals surface area (Å²) in [6.45, 7) is 1.23. The van der Waals surface area contributed by atoms with E-state index >= 15 is 0 Å². The van der Waals surface area contributed by atoms with Crippen molar-refractivity contribution in [2.45, 2.75) is 32.2 Å². The van der Waals surface area contributed by atoms with Crippen LogP contribution in [0.4, 0.5) is 0 Å². The van der Waals surface area contributed by atoms with Crippen LogP contribution in [0.5, 0.6) is 0 Å². The molecule has 1 atom stereocenters. The molecule has 1 aliphatic heterocycles. The van der Waals surface area contributed by atoms with Crippen molar-refractivity contribution in [1.82, 2.24) is 4.57 Å². The summed E-state index contributed by atoms with van der Waals surface area (Å²) >= 11 is 0. The lowest BCUT2D eigenvalue weighted by Gasteiger charge is -2.07. The lowest BCUT2D eigenvalue weighted by atomic mass is 9.97. The van der Waals surface area contributed by atoms with E-state index in [1.807, 2.05) is 0 Å². The zero-order valence-electron chi connectivity index (χ0n) is 7.87. The third-order valence-corrected chi connectivity index (χ3v) is 3.35. The minimum Gasteiger partial charge on any atom is -0.347 e. The van der Waals surface area contributed by atoms with Gasteiger partial charge in [-0.15, -0.1) is 0 Å². The van der Waals surface area contributed by atoms with Crippen molar-refractivity contribution in [3.05, 3.63) is 30.1 Å². The third-order valence-electron chi connectivity index (χ3n) is 3.35. The molecule has 13 heavy (non-hydrogen) atoms. The highest BCUT2D eigenvalue weighted by Crippen LogP contribution is 2.38. The number of allylic oxidation sites excluding steroid dienone is 2. The van der Waals surface area contributed by atoms with Crippen molar-refractivity contribution in [3.8, 4) is 0 Å². The molecule has 1 aromatic heterocycles. The molecular formula is C12H15N. The molecule has 2 heterocycles. The van der Waals surface area contributed by atoms with Gasteiger partial charge in [-0.1, -0.05) is 12.5 Å². The summed E-state index contributed by atoms with van der Waals surface area (Å²) in [5.41, 5.74) is 3.11. The monoisotopic (exact) mass is 173 g/mol. The summed E-state index contributed by atoms with van der Waals surface area (Å²) in [5, 5.41) is 0. The molecule has 0 saturated carbocycles. The summed E-state index contributed by atoms with van der Waals surface area (Å²) in [6.07, 6.45) is 10.2. The first-order chi connectivity index (χ1) is 6.45. The van der Waals surface area contributed by atoms with E-state index in [9.17, 15) is 0 Å². The Labute approximate surface area is 79.1 Å². The van der Waals surface area contributed by atoms with E-state index in [1.54, 1.807) is 5.57 Å². The molecule has 0 aromatic carbocycles. The van der Waals surface area contributed by atoms with Crippen molar-refractivity contribution in [2.24, 2.45) is 5.92 Å². The van der Waals surface area contributed by atoms with Crippen molar-refractivity contribution in [2.75, 3.05) is 0 Å². The van der Waals surface area contributed by atoms with Gasteiger partial charge in [0.15, 0.2) is 0 Å². The second-order valence-corrected chi connectivity index (χ2v) is 4.19. The van der Waals surface area contributed by atoms with Gasteiger partial charge in [-0.2, -0.15) is 0 Å². The van der Waals surface area contributed by atoms with E-state index in [0.717, 1.165) is 5.92 Å². The van der Waals surface area contributed by atoms with Gasteiger partial charge in [0.2, 0.25) is 0 Å². The van der Waals surface area contributed by atoms with Crippen LogP contribution in [0.15, 0.2) is 24.4 Å². The Hall–Kier alpha value is -0.980. The first kappa shape index (κ1) is 7.43. The van der Waals surface area contributed by atoms with Gasteiger partial charge in [0.05, 0.1) is 0 Å². The third kappa shape index (κ3) is 1.06. The van der Waals surface area contributed by atoms with Crippen LogP contribution in [0.25, 0.3) is 5.57 Å². The number of rotatable bonds is 0. The summed E-state index contributed by atoms with van der Waals surface area (Å²) < 4.78 is 2.40. The van der Waals surface area contributed by atoms with Gasteiger partial charge >= 0.3 is 0 Å². The van der Waals surface area contributed by atoms with Crippen molar-refractivity contribution in [1.29, 1.82) is 0 Å². The number of aromatic nitrogens is 1. The molecule has 0 bridgehead atoms. The standard InChI is InChI=1S/C12H15N/c1-2-5-10-9-13-8-4-7-12(13)11(10)6-3-1/h4,6-8,10H,1-3,5,9H2. The minimum absolute atomic E-state index is 0.832. The number of nitrogens with zero attached hydrogens (tertiary/aromatic N) is 1. The Balaban J connectivity index is 2.05. The van der Waals surface area contributed by atoms with Crippen molar-refractivity contribution >= 4 is 5.57 Å². The summed E-state index contributed by atoms with van der Waals surface area (Å²) in [7, 11) is 0. The Kier molecular flexibility index (Phi) is 1.58. The van der Waals surface area contributed by atoms with Crippen LogP contribution in [0.3, 0.4) is 0 Å². The fourth-order valence-corrected chi connectivity index (χ4v) is 2.69. The highest BCUT2D eigenvalue weighted by molar-refractivity contribution is 5.68. The van der Waals surface area contributed by atoms with Crippen molar-refractivity contribution < 1.29 is 0 Å². The lowest BCUT2D eigenvalue weighted by Crippen LogP contribution is -1.99. The number of hydrogen-bond acceptors (Lipinski definition) is 0. The van der Waals surface area contributed by atoms with Gasteiger partial charge in [0.1, 0.15) is 0 Å². The Bertz CT molecular complexity index is 346. The second-order valence-electron chi connectivity index (χ2n) is 4.19. The van der Waals surface area contributed by atoms with Gasteiger partial charge in [-0.25, -0.2) is 0 Å². The molecular weight excluding hydrogens is 158 g/mol. The molecule has 0 spiro atoms. The Morgan fingerprint density at radius 1 is 1.31 bits per heavy atom. The first-order valence-electron chi connectivity index (χ1n) is 5.31. The second kappa shape index (κ2) is 2.76. The molecule has 1 aromatic rings. The summed E-state index contributed by atoms with van der Waals surface area (Å²) in [5.74, 6) is 0.832.